The van der Waals surface area contributed by atoms with E-state index in [1.54, 1.807) is 50.3 Å². The van der Waals surface area contributed by atoms with Crippen LogP contribution in [0.5, 0.6) is 0 Å². The molecule has 2 aliphatic heterocycles. The highest BCUT2D eigenvalue weighted by Crippen LogP contribution is 2.40. The molecule has 4 rings (SSSR count). The zero-order valence-electron chi connectivity index (χ0n) is 18.7. The number of carbonyl (C=O) groups excluding carboxylic acids is 1. The molecule has 2 aromatic rings. The number of anilines is 1. The molecule has 8 nitrogen and oxygen atoms in total. The van der Waals surface area contributed by atoms with Gasteiger partial charge in [0, 0.05) is 23.1 Å². The van der Waals surface area contributed by atoms with Crippen LogP contribution in [0.2, 0.25) is 0 Å². The molecule has 0 radical (unpaired) electrons. The molecule has 0 saturated carbocycles. The number of benzene rings is 1. The maximum atomic E-state index is 12.7. The Morgan fingerprint density at radius 2 is 1.79 bits per heavy atom. The zero-order valence-corrected chi connectivity index (χ0v) is 18.7. The molecule has 0 spiro atoms. The summed E-state index contributed by atoms with van der Waals surface area (Å²) < 4.78 is 11.3. The van der Waals surface area contributed by atoms with E-state index in [0.29, 0.717) is 28.7 Å². The lowest BCUT2D eigenvalue weighted by Crippen LogP contribution is -2.20. The van der Waals surface area contributed by atoms with Crippen LogP contribution >= 0.6 is 0 Å². The van der Waals surface area contributed by atoms with E-state index in [-0.39, 0.29) is 28.4 Å². The molecule has 1 N–H and O–H groups in total. The zero-order chi connectivity index (χ0) is 24.5. The third-order valence-electron chi connectivity index (χ3n) is 5.85. The second-order valence-corrected chi connectivity index (χ2v) is 8.57. The summed E-state index contributed by atoms with van der Waals surface area (Å²) in [4.78, 5) is 24.7. The van der Waals surface area contributed by atoms with Crippen LogP contribution in [0, 0.1) is 34.0 Å². The second kappa shape index (κ2) is 8.73. The van der Waals surface area contributed by atoms with Gasteiger partial charge in [0.2, 0.25) is 5.91 Å². The summed E-state index contributed by atoms with van der Waals surface area (Å²) in [6.45, 7) is 3.40. The highest BCUT2D eigenvalue weighted by Gasteiger charge is 2.38. The first-order valence-corrected chi connectivity index (χ1v) is 10.7. The van der Waals surface area contributed by atoms with Gasteiger partial charge < -0.3 is 14.5 Å². The van der Waals surface area contributed by atoms with Gasteiger partial charge in [-0.25, -0.2) is 4.79 Å². The molecular weight excluding hydrogens is 432 g/mol. The molecule has 1 aromatic heterocycles. The fourth-order valence-electron chi connectivity index (χ4n) is 4.13. The van der Waals surface area contributed by atoms with Gasteiger partial charge >= 0.3 is 5.63 Å². The minimum Gasteiger partial charge on any atom is -0.480 e. The number of rotatable bonds is 2. The number of fused-ring (bicyclic) bond motifs is 2. The first-order chi connectivity index (χ1) is 16.3. The monoisotopic (exact) mass is 452 g/mol. The van der Waals surface area contributed by atoms with Gasteiger partial charge in [0.05, 0.1) is 5.56 Å². The van der Waals surface area contributed by atoms with Crippen molar-refractivity contribution in [3.05, 3.63) is 68.3 Å². The number of ether oxygens (including phenoxy) is 1. The number of amides is 1. The van der Waals surface area contributed by atoms with E-state index in [2.05, 4.69) is 5.32 Å². The van der Waals surface area contributed by atoms with E-state index in [0.717, 1.165) is 24.8 Å². The molecule has 2 aliphatic rings. The molecule has 0 unspecified atom stereocenters. The number of nitrogens with one attached hydrogen (secondary N) is 1. The first-order valence-electron chi connectivity index (χ1n) is 10.7. The maximum absolute atomic E-state index is 12.7. The Kier molecular flexibility index (Phi) is 5.80. The van der Waals surface area contributed by atoms with Crippen LogP contribution in [0.1, 0.15) is 44.2 Å². The number of allylic oxidation sites excluding steroid dienone is 2. The summed E-state index contributed by atoms with van der Waals surface area (Å²) in [5, 5.41) is 31.6. The van der Waals surface area contributed by atoms with Gasteiger partial charge in [-0.2, -0.15) is 15.8 Å². The van der Waals surface area contributed by atoms with Gasteiger partial charge in [-0.1, -0.05) is 6.08 Å². The summed E-state index contributed by atoms with van der Waals surface area (Å²) >= 11 is 0. The smallest absolute Gasteiger partial charge is 0.343 e. The maximum Gasteiger partial charge on any atom is 0.343 e. The van der Waals surface area contributed by atoms with Gasteiger partial charge in [0.1, 0.15) is 35.0 Å². The molecule has 0 atom stereocenters. The van der Waals surface area contributed by atoms with Crippen LogP contribution in [0.25, 0.3) is 17.0 Å². The molecule has 0 bridgehead atoms. The van der Waals surface area contributed by atoms with Crippen molar-refractivity contribution in [1.82, 2.24) is 0 Å². The van der Waals surface area contributed by atoms with Crippen LogP contribution in [0.4, 0.5) is 5.69 Å². The van der Waals surface area contributed by atoms with Crippen molar-refractivity contribution in [1.29, 1.82) is 15.8 Å². The van der Waals surface area contributed by atoms with E-state index >= 15 is 0 Å². The summed E-state index contributed by atoms with van der Waals surface area (Å²) in [5.74, 6) is -0.118. The van der Waals surface area contributed by atoms with Crippen molar-refractivity contribution < 1.29 is 13.9 Å². The minimum absolute atomic E-state index is 0.0461. The Labute approximate surface area is 195 Å². The van der Waals surface area contributed by atoms with Gasteiger partial charge in [0.25, 0.3) is 0 Å². The van der Waals surface area contributed by atoms with Crippen molar-refractivity contribution in [3.8, 4) is 18.2 Å². The minimum atomic E-state index is -0.993. The summed E-state index contributed by atoms with van der Waals surface area (Å²) in [6.07, 6.45) is 6.00. The van der Waals surface area contributed by atoms with Crippen molar-refractivity contribution >= 4 is 28.6 Å². The molecule has 168 valence electrons. The normalized spacial score (nSPS) is 17.1. The van der Waals surface area contributed by atoms with Crippen LogP contribution < -0.4 is 10.9 Å². The molecule has 34 heavy (non-hydrogen) atoms. The van der Waals surface area contributed by atoms with E-state index in [4.69, 9.17) is 9.15 Å². The first kappa shape index (κ1) is 22.6. The Morgan fingerprint density at radius 1 is 1.06 bits per heavy atom. The van der Waals surface area contributed by atoms with Gasteiger partial charge in [-0.3, -0.25) is 4.79 Å². The Morgan fingerprint density at radius 3 is 2.50 bits per heavy atom. The molecule has 1 amide bonds. The SMILES string of the molecule is CC1(C)OC(=C(C#N)C#N)C(C#N)=C1/C=C/c1cc2cc3c(cc2oc1=O)CCCCC(=O)N3. The second-order valence-electron chi connectivity index (χ2n) is 8.57. The van der Waals surface area contributed by atoms with Crippen molar-refractivity contribution in [2.24, 2.45) is 0 Å². The third kappa shape index (κ3) is 4.08. The summed E-state index contributed by atoms with van der Waals surface area (Å²) in [6, 6.07) is 10.7. The number of hydrogen-bond acceptors (Lipinski definition) is 7. The lowest BCUT2D eigenvalue weighted by atomic mass is 9.94. The Balaban J connectivity index is 1.80. The van der Waals surface area contributed by atoms with Crippen molar-refractivity contribution in [3.63, 3.8) is 0 Å². The molecular formula is C26H20N4O4. The van der Waals surface area contributed by atoms with Crippen LogP contribution in [-0.2, 0) is 16.0 Å². The highest BCUT2D eigenvalue weighted by molar-refractivity contribution is 5.95. The average molecular weight is 452 g/mol. The third-order valence-corrected chi connectivity index (χ3v) is 5.85. The summed E-state index contributed by atoms with van der Waals surface area (Å²) in [7, 11) is 0. The number of nitrogens with zero attached hydrogens (tertiary/aromatic N) is 3. The number of aryl methyl sites for hydroxylation is 1. The lowest BCUT2D eigenvalue weighted by Gasteiger charge is -2.20. The van der Waals surface area contributed by atoms with E-state index in [1.165, 1.54) is 6.08 Å². The molecule has 0 fully saturated rings. The fraction of sp³-hybridized carbons (Fsp3) is 0.269. The molecule has 0 saturated heterocycles. The van der Waals surface area contributed by atoms with E-state index < -0.39 is 11.2 Å². The lowest BCUT2D eigenvalue weighted by molar-refractivity contribution is -0.116. The average Bonchev–Trinajstić information content (AvgIpc) is 3.04. The van der Waals surface area contributed by atoms with Crippen molar-refractivity contribution in [2.75, 3.05) is 5.32 Å². The summed E-state index contributed by atoms with van der Waals surface area (Å²) in [5.41, 5.74) is 0.941. The molecule has 0 aliphatic carbocycles. The van der Waals surface area contributed by atoms with Crippen LogP contribution in [0.3, 0.4) is 0 Å². The molecule has 3 heterocycles. The van der Waals surface area contributed by atoms with E-state index in [9.17, 15) is 25.4 Å². The van der Waals surface area contributed by atoms with Gasteiger partial charge in [-0.05, 0) is 62.9 Å². The van der Waals surface area contributed by atoms with E-state index in [1.807, 2.05) is 6.07 Å². The fourth-order valence-corrected chi connectivity index (χ4v) is 4.13. The Bertz CT molecular complexity index is 1480. The molecule has 1 aromatic carbocycles. The number of carbonyl (C=O) groups is 1. The quantitative estimate of drug-likeness (QED) is 0.526. The predicted molar refractivity (Wildman–Crippen MR) is 124 cm³/mol. The standard InChI is InChI=1S/C26H20N4O4/c1-26(2)20(19(14-29)24(34-26)18(12-27)13-28)8-7-16-9-17-10-21-15(11-22(17)33-25(16)32)5-3-4-6-23(31)30-21/h7-11H,3-6H2,1-2H3,(H,30,31)/b8-7+. The highest BCUT2D eigenvalue weighted by atomic mass is 16.5. The number of hydrogen-bond donors (Lipinski definition) is 1. The predicted octanol–water partition coefficient (Wildman–Crippen LogP) is 4.40. The largest absolute Gasteiger partial charge is 0.480 e. The topological polar surface area (TPSA) is 140 Å². The van der Waals surface area contributed by atoms with Gasteiger partial charge in [-0.15, -0.1) is 0 Å². The van der Waals surface area contributed by atoms with Crippen LogP contribution in [0.15, 0.2) is 56.0 Å². The number of nitriles is 3. The van der Waals surface area contributed by atoms with Gasteiger partial charge in [0.15, 0.2) is 11.3 Å². The molecule has 8 heteroatoms. The van der Waals surface area contributed by atoms with Crippen LogP contribution in [-0.4, -0.2) is 11.5 Å². The van der Waals surface area contributed by atoms with Crippen molar-refractivity contribution in [2.45, 2.75) is 45.1 Å². The Hall–Kier alpha value is -4.61.